The summed E-state index contributed by atoms with van der Waals surface area (Å²) in [4.78, 5) is 23.5. The minimum Gasteiger partial charge on any atom is -0.508 e. The first kappa shape index (κ1) is 16.8. The van der Waals surface area contributed by atoms with Crippen molar-refractivity contribution in [3.63, 3.8) is 0 Å². The van der Waals surface area contributed by atoms with E-state index in [0.29, 0.717) is 16.9 Å². The van der Waals surface area contributed by atoms with E-state index in [9.17, 15) is 9.90 Å². The van der Waals surface area contributed by atoms with Gasteiger partial charge >= 0.3 is 5.63 Å². The van der Waals surface area contributed by atoms with Gasteiger partial charge in [-0.3, -0.25) is 0 Å². The zero-order valence-corrected chi connectivity index (χ0v) is 16.2. The Kier molecular flexibility index (Phi) is 3.94. The highest BCUT2D eigenvalue weighted by Gasteiger charge is 2.21. The zero-order chi connectivity index (χ0) is 18.5. The molecule has 5 rings (SSSR count). The standard InChI is InChI=1S/C20H16N2O3S2/c1-10-14(23)6-5-12-11(7-16(24)25-18(10)12)8-26-19-17-13-3-2-4-15(13)27-20(17)22-9-21-19/h5-7,9,23H,2-4,8H2,1H3. The largest absolute Gasteiger partial charge is 0.508 e. The molecule has 0 saturated carbocycles. The molecule has 0 saturated heterocycles. The monoisotopic (exact) mass is 396 g/mol. The van der Waals surface area contributed by atoms with Gasteiger partial charge in [-0.1, -0.05) is 0 Å². The Labute approximate surface area is 163 Å². The molecule has 1 aromatic carbocycles. The predicted molar refractivity (Wildman–Crippen MR) is 108 cm³/mol. The van der Waals surface area contributed by atoms with Crippen LogP contribution in [0, 0.1) is 6.92 Å². The number of thiophene rings is 1. The van der Waals surface area contributed by atoms with Crippen LogP contribution in [0.4, 0.5) is 0 Å². The number of hydrogen-bond acceptors (Lipinski definition) is 7. The first-order chi connectivity index (χ1) is 13.1. The van der Waals surface area contributed by atoms with Gasteiger partial charge in [0.15, 0.2) is 0 Å². The summed E-state index contributed by atoms with van der Waals surface area (Å²) in [6, 6.07) is 4.97. The molecule has 0 atom stereocenters. The van der Waals surface area contributed by atoms with E-state index in [1.54, 1.807) is 48.5 Å². The van der Waals surface area contributed by atoms with Gasteiger partial charge in [-0.2, -0.15) is 0 Å². The topological polar surface area (TPSA) is 76.2 Å². The molecule has 136 valence electrons. The lowest BCUT2D eigenvalue weighted by molar-refractivity contribution is 0.468. The van der Waals surface area contributed by atoms with Crippen LogP contribution >= 0.6 is 23.1 Å². The van der Waals surface area contributed by atoms with E-state index in [0.717, 1.165) is 33.6 Å². The smallest absolute Gasteiger partial charge is 0.336 e. The van der Waals surface area contributed by atoms with Crippen molar-refractivity contribution in [3.8, 4) is 5.75 Å². The van der Waals surface area contributed by atoms with Crippen LogP contribution < -0.4 is 5.63 Å². The molecule has 4 aromatic rings. The van der Waals surface area contributed by atoms with Crippen molar-refractivity contribution < 1.29 is 9.52 Å². The maximum Gasteiger partial charge on any atom is 0.336 e. The fourth-order valence-corrected chi connectivity index (χ4v) is 6.00. The van der Waals surface area contributed by atoms with Gasteiger partial charge in [0, 0.05) is 33.0 Å². The fourth-order valence-electron chi connectivity index (χ4n) is 3.69. The Morgan fingerprint density at radius 2 is 2.19 bits per heavy atom. The number of aromatic nitrogens is 2. The average Bonchev–Trinajstić information content (AvgIpc) is 3.24. The molecule has 0 fully saturated rings. The third kappa shape index (κ3) is 2.73. The molecule has 5 nitrogen and oxygen atoms in total. The molecule has 3 heterocycles. The average molecular weight is 396 g/mol. The van der Waals surface area contributed by atoms with Crippen molar-refractivity contribution in [3.05, 3.63) is 56.5 Å². The third-order valence-corrected chi connectivity index (χ3v) is 7.29. The highest BCUT2D eigenvalue weighted by atomic mass is 32.2. The third-order valence-electron chi connectivity index (χ3n) is 5.05. The maximum absolute atomic E-state index is 12.0. The minimum atomic E-state index is -0.406. The molecule has 0 radical (unpaired) electrons. The van der Waals surface area contributed by atoms with Gasteiger partial charge in [0.2, 0.25) is 0 Å². The minimum absolute atomic E-state index is 0.127. The summed E-state index contributed by atoms with van der Waals surface area (Å²) in [7, 11) is 0. The molecule has 0 aliphatic heterocycles. The van der Waals surface area contributed by atoms with Crippen LogP contribution in [-0.2, 0) is 18.6 Å². The normalized spacial score (nSPS) is 13.5. The van der Waals surface area contributed by atoms with Crippen LogP contribution in [0.5, 0.6) is 5.75 Å². The van der Waals surface area contributed by atoms with Crippen LogP contribution in [-0.4, -0.2) is 15.1 Å². The quantitative estimate of drug-likeness (QED) is 0.310. The molecule has 3 aromatic heterocycles. The molecule has 0 bridgehead atoms. The SMILES string of the molecule is Cc1c(O)ccc2c(CSc3ncnc4sc5c(c34)CCC5)cc(=O)oc12. The molecular formula is C20H16N2O3S2. The van der Waals surface area contributed by atoms with Crippen molar-refractivity contribution in [2.24, 2.45) is 0 Å². The molecule has 7 heteroatoms. The van der Waals surface area contributed by atoms with Crippen molar-refractivity contribution in [1.29, 1.82) is 0 Å². The number of fused-ring (bicyclic) bond motifs is 4. The molecule has 27 heavy (non-hydrogen) atoms. The second-order valence-electron chi connectivity index (χ2n) is 6.68. The Morgan fingerprint density at radius 3 is 3.07 bits per heavy atom. The predicted octanol–water partition coefficient (Wildman–Crippen LogP) is 4.59. The lowest BCUT2D eigenvalue weighted by Crippen LogP contribution is -2.01. The van der Waals surface area contributed by atoms with E-state index < -0.39 is 5.63 Å². The molecular weight excluding hydrogens is 380 g/mol. The number of aryl methyl sites for hydroxylation is 3. The number of thioether (sulfide) groups is 1. The summed E-state index contributed by atoms with van der Waals surface area (Å²) in [6.45, 7) is 1.75. The highest BCUT2D eigenvalue weighted by molar-refractivity contribution is 7.98. The zero-order valence-electron chi connectivity index (χ0n) is 14.6. The van der Waals surface area contributed by atoms with Crippen molar-refractivity contribution >= 4 is 44.3 Å². The van der Waals surface area contributed by atoms with Gasteiger partial charge in [0.05, 0.1) is 0 Å². The van der Waals surface area contributed by atoms with E-state index in [1.165, 1.54) is 28.3 Å². The Hall–Kier alpha value is -2.38. The lowest BCUT2D eigenvalue weighted by atomic mass is 10.1. The van der Waals surface area contributed by atoms with E-state index >= 15 is 0 Å². The van der Waals surface area contributed by atoms with Gasteiger partial charge in [0.25, 0.3) is 0 Å². The van der Waals surface area contributed by atoms with Gasteiger partial charge in [-0.25, -0.2) is 14.8 Å². The summed E-state index contributed by atoms with van der Waals surface area (Å²) < 4.78 is 5.34. The molecule has 1 aliphatic carbocycles. The van der Waals surface area contributed by atoms with Crippen LogP contribution in [0.3, 0.4) is 0 Å². The maximum atomic E-state index is 12.0. The summed E-state index contributed by atoms with van der Waals surface area (Å²) in [6.07, 6.45) is 5.04. The van der Waals surface area contributed by atoms with Crippen molar-refractivity contribution in [2.75, 3.05) is 0 Å². The molecule has 0 spiro atoms. The van der Waals surface area contributed by atoms with Crippen LogP contribution in [0.25, 0.3) is 21.2 Å². The van der Waals surface area contributed by atoms with Crippen LogP contribution in [0.15, 0.2) is 38.8 Å². The van der Waals surface area contributed by atoms with Crippen molar-refractivity contribution in [1.82, 2.24) is 9.97 Å². The fraction of sp³-hybridized carbons (Fsp3) is 0.250. The lowest BCUT2D eigenvalue weighted by Gasteiger charge is -2.08. The van der Waals surface area contributed by atoms with Gasteiger partial charge in [-0.15, -0.1) is 23.1 Å². The number of rotatable bonds is 3. The number of nitrogens with zero attached hydrogens (tertiary/aromatic N) is 2. The summed E-state index contributed by atoms with van der Waals surface area (Å²) in [5.41, 5.74) is 2.90. The van der Waals surface area contributed by atoms with Gasteiger partial charge in [-0.05, 0) is 49.4 Å². The summed E-state index contributed by atoms with van der Waals surface area (Å²) >= 11 is 3.39. The number of benzene rings is 1. The molecule has 1 N–H and O–H groups in total. The molecule has 0 amide bonds. The first-order valence-electron chi connectivity index (χ1n) is 8.75. The van der Waals surface area contributed by atoms with Gasteiger partial charge < -0.3 is 9.52 Å². The number of hydrogen-bond donors (Lipinski definition) is 1. The van der Waals surface area contributed by atoms with Crippen LogP contribution in [0.2, 0.25) is 0 Å². The van der Waals surface area contributed by atoms with E-state index in [-0.39, 0.29) is 5.75 Å². The first-order valence-corrected chi connectivity index (χ1v) is 10.6. The number of phenols is 1. The Bertz CT molecular complexity index is 1260. The van der Waals surface area contributed by atoms with Crippen molar-refractivity contribution in [2.45, 2.75) is 37.0 Å². The number of phenolic OH excluding ortho intramolecular Hbond substituents is 1. The van der Waals surface area contributed by atoms with E-state index in [4.69, 9.17) is 4.42 Å². The van der Waals surface area contributed by atoms with E-state index in [1.807, 2.05) is 0 Å². The Morgan fingerprint density at radius 1 is 1.30 bits per heavy atom. The second kappa shape index (κ2) is 6.35. The number of aromatic hydroxyl groups is 1. The highest BCUT2D eigenvalue weighted by Crippen LogP contribution is 2.41. The Balaban J connectivity index is 1.57. The summed E-state index contributed by atoms with van der Waals surface area (Å²) in [5.74, 6) is 0.727. The van der Waals surface area contributed by atoms with Gasteiger partial charge in [0.1, 0.15) is 27.5 Å². The second-order valence-corrected chi connectivity index (χ2v) is 8.73. The molecule has 0 unspecified atom stereocenters. The summed E-state index contributed by atoms with van der Waals surface area (Å²) in [5, 5.41) is 12.9. The van der Waals surface area contributed by atoms with Crippen LogP contribution in [0.1, 0.15) is 28.0 Å². The molecule has 1 aliphatic rings. The van der Waals surface area contributed by atoms with E-state index in [2.05, 4.69) is 9.97 Å².